The summed E-state index contributed by atoms with van der Waals surface area (Å²) in [5.41, 5.74) is 8.77. The molecule has 2 rings (SSSR count). The summed E-state index contributed by atoms with van der Waals surface area (Å²) in [5, 5.41) is 0. The average Bonchev–Trinajstić information content (AvgIpc) is 2.46. The van der Waals surface area contributed by atoms with Gasteiger partial charge in [0.05, 0.1) is 12.2 Å². The van der Waals surface area contributed by atoms with Crippen LogP contribution in [0.3, 0.4) is 0 Å². The number of hydrogen-bond acceptors (Lipinski definition) is 3. The largest absolute Gasteiger partial charge is 0.389 e. The summed E-state index contributed by atoms with van der Waals surface area (Å²) in [5.74, 6) is 0. The Morgan fingerprint density at radius 2 is 2.15 bits per heavy atom. The molecule has 1 aromatic carbocycles. The summed E-state index contributed by atoms with van der Waals surface area (Å²) in [6.07, 6.45) is 1.80. The Hall–Kier alpha value is -1.46. The van der Waals surface area contributed by atoms with Crippen molar-refractivity contribution in [2.24, 2.45) is 5.73 Å². The highest BCUT2D eigenvalue weighted by atomic mass is 79.9. The van der Waals surface area contributed by atoms with Crippen LogP contribution < -0.4 is 10.6 Å². The summed E-state index contributed by atoms with van der Waals surface area (Å²) < 4.78 is 0.970. The average molecular weight is 350 g/mol. The highest BCUT2D eigenvalue weighted by molar-refractivity contribution is 9.10. The molecule has 5 heteroatoms. The fourth-order valence-corrected chi connectivity index (χ4v) is 2.56. The topological polar surface area (TPSA) is 42.2 Å². The molecule has 0 saturated carbocycles. The molecule has 0 spiro atoms. The number of aromatic nitrogens is 1. The van der Waals surface area contributed by atoms with E-state index in [1.807, 2.05) is 36.4 Å². The molecule has 20 heavy (non-hydrogen) atoms. The van der Waals surface area contributed by atoms with E-state index >= 15 is 0 Å². The van der Waals surface area contributed by atoms with E-state index in [4.69, 9.17) is 18.0 Å². The van der Waals surface area contributed by atoms with E-state index in [0.717, 1.165) is 34.5 Å². The van der Waals surface area contributed by atoms with E-state index in [1.54, 1.807) is 6.20 Å². The van der Waals surface area contributed by atoms with Crippen LogP contribution in [0.15, 0.2) is 47.1 Å². The van der Waals surface area contributed by atoms with Gasteiger partial charge in [-0.05, 0) is 37.3 Å². The third-order valence-electron chi connectivity index (χ3n) is 3.03. The lowest BCUT2D eigenvalue weighted by atomic mass is 10.1. The minimum absolute atomic E-state index is 0.403. The van der Waals surface area contributed by atoms with Crippen LogP contribution in [0.1, 0.15) is 18.2 Å². The van der Waals surface area contributed by atoms with E-state index in [-0.39, 0.29) is 0 Å². The van der Waals surface area contributed by atoms with Gasteiger partial charge in [0, 0.05) is 28.5 Å². The van der Waals surface area contributed by atoms with Crippen molar-refractivity contribution in [1.29, 1.82) is 0 Å². The zero-order chi connectivity index (χ0) is 14.5. The molecule has 0 radical (unpaired) electrons. The molecule has 0 atom stereocenters. The minimum Gasteiger partial charge on any atom is -0.389 e. The van der Waals surface area contributed by atoms with Crippen molar-refractivity contribution in [3.63, 3.8) is 0 Å². The maximum absolute atomic E-state index is 5.84. The summed E-state index contributed by atoms with van der Waals surface area (Å²) in [4.78, 5) is 6.98. The van der Waals surface area contributed by atoms with Crippen LogP contribution in [0.4, 0.5) is 5.69 Å². The standard InChI is InChI=1S/C15H16BrN3S/c1-2-19(10-12-5-3-4-8-18-12)14-7-6-11(16)9-13(14)15(17)20/h3-9H,2,10H2,1H3,(H2,17,20). The molecule has 3 nitrogen and oxygen atoms in total. The molecule has 0 aliphatic rings. The molecule has 0 aliphatic carbocycles. The Morgan fingerprint density at radius 3 is 2.75 bits per heavy atom. The second-order valence-corrected chi connectivity index (χ2v) is 5.72. The molecular weight excluding hydrogens is 334 g/mol. The van der Waals surface area contributed by atoms with E-state index < -0.39 is 0 Å². The van der Waals surface area contributed by atoms with Gasteiger partial charge in [0.25, 0.3) is 0 Å². The highest BCUT2D eigenvalue weighted by Gasteiger charge is 2.13. The van der Waals surface area contributed by atoms with Crippen molar-refractivity contribution in [3.05, 3.63) is 58.3 Å². The predicted molar refractivity (Wildman–Crippen MR) is 91.0 cm³/mol. The maximum atomic E-state index is 5.84. The van der Waals surface area contributed by atoms with Gasteiger partial charge in [0.15, 0.2) is 0 Å². The number of rotatable bonds is 5. The van der Waals surface area contributed by atoms with Gasteiger partial charge in [-0.3, -0.25) is 4.98 Å². The first-order valence-electron chi connectivity index (χ1n) is 6.36. The predicted octanol–water partition coefficient (Wildman–Crippen LogP) is 3.50. The number of nitrogens with two attached hydrogens (primary N) is 1. The minimum atomic E-state index is 0.403. The second kappa shape index (κ2) is 6.81. The lowest BCUT2D eigenvalue weighted by molar-refractivity contribution is 0.809. The van der Waals surface area contributed by atoms with E-state index in [2.05, 4.69) is 32.7 Å². The molecule has 104 valence electrons. The highest BCUT2D eigenvalue weighted by Crippen LogP contribution is 2.25. The lowest BCUT2D eigenvalue weighted by Crippen LogP contribution is -2.26. The van der Waals surface area contributed by atoms with Gasteiger partial charge < -0.3 is 10.6 Å². The molecule has 0 bridgehead atoms. The van der Waals surface area contributed by atoms with Crippen LogP contribution in [-0.4, -0.2) is 16.5 Å². The van der Waals surface area contributed by atoms with Crippen LogP contribution in [0.5, 0.6) is 0 Å². The fourth-order valence-electron chi connectivity index (χ4n) is 2.04. The first-order valence-corrected chi connectivity index (χ1v) is 7.56. The van der Waals surface area contributed by atoms with Gasteiger partial charge in [-0.2, -0.15) is 0 Å². The van der Waals surface area contributed by atoms with Crippen LogP contribution in [-0.2, 0) is 6.54 Å². The Kier molecular flexibility index (Phi) is 5.09. The second-order valence-electron chi connectivity index (χ2n) is 4.36. The van der Waals surface area contributed by atoms with E-state index in [0.29, 0.717) is 4.99 Å². The molecular formula is C15H16BrN3S. The molecule has 1 aromatic heterocycles. The zero-order valence-electron chi connectivity index (χ0n) is 11.2. The van der Waals surface area contributed by atoms with Crippen molar-refractivity contribution < 1.29 is 0 Å². The van der Waals surface area contributed by atoms with Crippen molar-refractivity contribution in [1.82, 2.24) is 4.98 Å². The Labute approximate surface area is 132 Å². The maximum Gasteiger partial charge on any atom is 0.106 e. The van der Waals surface area contributed by atoms with Crippen molar-refractivity contribution in [2.45, 2.75) is 13.5 Å². The quantitative estimate of drug-likeness (QED) is 0.838. The van der Waals surface area contributed by atoms with Crippen molar-refractivity contribution in [3.8, 4) is 0 Å². The van der Waals surface area contributed by atoms with Gasteiger partial charge in [0.2, 0.25) is 0 Å². The normalized spacial score (nSPS) is 10.3. The zero-order valence-corrected chi connectivity index (χ0v) is 13.6. The number of nitrogens with zero attached hydrogens (tertiary/aromatic N) is 2. The molecule has 0 fully saturated rings. The molecule has 1 heterocycles. The third-order valence-corrected chi connectivity index (χ3v) is 3.74. The Bertz CT molecular complexity index is 601. The SMILES string of the molecule is CCN(Cc1ccccn1)c1ccc(Br)cc1C(N)=S. The van der Waals surface area contributed by atoms with Crippen LogP contribution in [0.25, 0.3) is 0 Å². The molecule has 2 aromatic rings. The summed E-state index contributed by atoms with van der Waals surface area (Å²) in [7, 11) is 0. The summed E-state index contributed by atoms with van der Waals surface area (Å²) in [6, 6.07) is 11.9. The van der Waals surface area contributed by atoms with Crippen molar-refractivity contribution in [2.75, 3.05) is 11.4 Å². The number of hydrogen-bond donors (Lipinski definition) is 1. The molecule has 0 saturated heterocycles. The van der Waals surface area contributed by atoms with Crippen LogP contribution in [0, 0.1) is 0 Å². The van der Waals surface area contributed by atoms with Gasteiger partial charge in [0.1, 0.15) is 4.99 Å². The molecule has 0 aliphatic heterocycles. The van der Waals surface area contributed by atoms with Crippen LogP contribution >= 0.6 is 28.1 Å². The number of thiocarbonyl (C=S) groups is 1. The van der Waals surface area contributed by atoms with Gasteiger partial charge in [-0.1, -0.05) is 34.2 Å². The number of anilines is 1. The smallest absolute Gasteiger partial charge is 0.106 e. The van der Waals surface area contributed by atoms with Crippen molar-refractivity contribution >= 4 is 38.8 Å². The molecule has 0 amide bonds. The summed E-state index contributed by atoms with van der Waals surface area (Å²) in [6.45, 7) is 3.69. The lowest BCUT2D eigenvalue weighted by Gasteiger charge is -2.25. The molecule has 0 unspecified atom stereocenters. The van der Waals surface area contributed by atoms with Gasteiger partial charge in [-0.25, -0.2) is 0 Å². The number of pyridine rings is 1. The van der Waals surface area contributed by atoms with Crippen LogP contribution in [0.2, 0.25) is 0 Å². The monoisotopic (exact) mass is 349 g/mol. The Balaban J connectivity index is 2.34. The van der Waals surface area contributed by atoms with Gasteiger partial charge >= 0.3 is 0 Å². The third kappa shape index (κ3) is 3.55. The van der Waals surface area contributed by atoms with E-state index in [1.165, 1.54) is 0 Å². The summed E-state index contributed by atoms with van der Waals surface area (Å²) >= 11 is 8.61. The molecule has 2 N–H and O–H groups in total. The van der Waals surface area contributed by atoms with E-state index in [9.17, 15) is 0 Å². The number of halogens is 1. The Morgan fingerprint density at radius 1 is 1.35 bits per heavy atom. The first-order chi connectivity index (χ1) is 9.61. The fraction of sp³-hybridized carbons (Fsp3) is 0.200. The number of benzene rings is 1. The van der Waals surface area contributed by atoms with Gasteiger partial charge in [-0.15, -0.1) is 0 Å². The first kappa shape index (κ1) is 14.9.